The number of carbonyl (C=O) groups excluding carboxylic acids is 3. The van der Waals surface area contributed by atoms with Crippen molar-refractivity contribution in [1.29, 1.82) is 0 Å². The molecule has 0 bridgehead atoms. The number of aryl methyl sites for hydroxylation is 2. The number of aromatic nitrogens is 5. The zero-order valence-corrected chi connectivity index (χ0v) is 43.7. The number of anilines is 2. The summed E-state index contributed by atoms with van der Waals surface area (Å²) >= 11 is 11.8. The minimum atomic E-state index is -0.930. The number of amides is 2. The van der Waals surface area contributed by atoms with Crippen molar-refractivity contribution in [3.05, 3.63) is 190 Å². The molecule has 2 atom stereocenters. The summed E-state index contributed by atoms with van der Waals surface area (Å²) in [6, 6.07) is 38.6. The number of rotatable bonds is 14. The molecule has 73 heavy (non-hydrogen) atoms. The van der Waals surface area contributed by atoms with E-state index in [0.717, 1.165) is 62.7 Å². The predicted octanol–water partition coefficient (Wildman–Crippen LogP) is 11.2. The molecule has 15 nitrogen and oxygen atoms in total. The molecule has 5 aromatic carbocycles. The van der Waals surface area contributed by atoms with Gasteiger partial charge in [0.15, 0.2) is 0 Å². The minimum Gasteiger partial charge on any atom is -0.472 e. The molecule has 0 spiro atoms. The quantitative estimate of drug-likeness (QED) is 0.0814. The van der Waals surface area contributed by atoms with Crippen molar-refractivity contribution in [2.24, 2.45) is 5.41 Å². The molecule has 17 heteroatoms. The van der Waals surface area contributed by atoms with E-state index in [2.05, 4.69) is 35.1 Å². The Labute approximate surface area is 436 Å². The minimum absolute atomic E-state index is 0.128. The number of para-hydroxylation sites is 2. The molecular formula is C56H61Cl2N7O8. The Morgan fingerprint density at radius 2 is 1.47 bits per heavy atom. The van der Waals surface area contributed by atoms with Gasteiger partial charge in [0.1, 0.15) is 30.9 Å². The number of esters is 1. The number of hydrogen-bond donors (Lipinski definition) is 1. The molecule has 0 saturated heterocycles. The van der Waals surface area contributed by atoms with Crippen molar-refractivity contribution in [2.45, 2.75) is 78.7 Å². The summed E-state index contributed by atoms with van der Waals surface area (Å²) in [5.41, 5.74) is 6.67. The van der Waals surface area contributed by atoms with Gasteiger partial charge in [-0.05, 0) is 109 Å². The molecular weight excluding hydrogens is 970 g/mol. The maximum atomic E-state index is 13.0. The van der Waals surface area contributed by atoms with E-state index in [4.69, 9.17) is 42.3 Å². The topological polar surface area (TPSA) is 163 Å². The third-order valence-corrected chi connectivity index (χ3v) is 13.1. The van der Waals surface area contributed by atoms with E-state index in [1.54, 1.807) is 64.0 Å². The van der Waals surface area contributed by atoms with E-state index in [0.29, 0.717) is 28.2 Å². The Kier molecular flexibility index (Phi) is 19.1. The second-order valence-electron chi connectivity index (χ2n) is 17.9. The lowest BCUT2D eigenvalue weighted by Gasteiger charge is -2.37. The van der Waals surface area contributed by atoms with Gasteiger partial charge in [-0.3, -0.25) is 14.5 Å². The van der Waals surface area contributed by atoms with Crippen LogP contribution in [0.2, 0.25) is 10.0 Å². The zero-order valence-electron chi connectivity index (χ0n) is 42.2. The standard InChI is InChI=1S/C20H23NO3.C19H18ClN3O4.C17H20ClN3O/c1-14-9-8-10-15(2)19(14)21(16(3)20(23)24-4)18(22)13-17-11-6-5-7-12-17;1-25-19(24)23(26-2)17-6-4-3-5-14(17)13-27-18-11-12-22(21-18)16-9-7-15(20)8-10-16;1-16(2)8-7-14(9-13-3-5-15(18)6-4-13)17(16,22)10-21-12-19-11-20-21/h5-12,16H,13H2,1-4H3;3-12H,13H2,1-2H3;3-6,9,11-12,22H,7-8,10H2,1-2H3/b;;14-9+/t16-;;/m0../s1. The van der Waals surface area contributed by atoms with Crippen LogP contribution < -0.4 is 14.7 Å². The smallest absolute Gasteiger partial charge is 0.438 e. The van der Waals surface area contributed by atoms with Crippen LogP contribution in [0.5, 0.6) is 5.88 Å². The summed E-state index contributed by atoms with van der Waals surface area (Å²) in [5.74, 6) is -0.114. The Morgan fingerprint density at radius 1 is 0.822 bits per heavy atom. The third-order valence-electron chi connectivity index (χ3n) is 12.6. The number of hydrogen-bond acceptors (Lipinski definition) is 11. The van der Waals surface area contributed by atoms with Gasteiger partial charge >= 0.3 is 12.1 Å². The average Bonchev–Trinajstić information content (AvgIpc) is 4.14. The van der Waals surface area contributed by atoms with E-state index in [9.17, 15) is 19.5 Å². The van der Waals surface area contributed by atoms with E-state index >= 15 is 0 Å². The second kappa shape index (κ2) is 25.4. The first-order chi connectivity index (χ1) is 35.0. The van der Waals surface area contributed by atoms with Crippen molar-refractivity contribution in [3.63, 3.8) is 0 Å². The number of halogens is 2. The van der Waals surface area contributed by atoms with Crippen LogP contribution in [0.3, 0.4) is 0 Å². The Bertz CT molecular complexity index is 2930. The number of benzene rings is 5. The summed E-state index contributed by atoms with van der Waals surface area (Å²) in [5, 5.41) is 22.3. The fourth-order valence-electron chi connectivity index (χ4n) is 8.42. The van der Waals surface area contributed by atoms with Crippen LogP contribution in [0.25, 0.3) is 11.8 Å². The molecule has 2 amide bonds. The SMILES string of the molecule is CC1(C)CC/C(=C\c2ccc(Cl)cc2)C1(O)Cn1cncn1.COC(=O)N(OC)c1ccccc1COc1ccn(-c2ccc(Cl)cc2)n1.COC(=O)[C@H](C)N(C(=O)Cc1ccccc1)c1c(C)cccc1C. The van der Waals surface area contributed by atoms with Crippen LogP contribution in [0.15, 0.2) is 152 Å². The van der Waals surface area contributed by atoms with E-state index in [-0.39, 0.29) is 24.3 Å². The summed E-state index contributed by atoms with van der Waals surface area (Å²) in [6.45, 7) is 10.4. The van der Waals surface area contributed by atoms with E-state index < -0.39 is 23.7 Å². The fraction of sp³-hybridized carbons (Fsp3) is 0.286. The van der Waals surface area contributed by atoms with Crippen LogP contribution in [-0.2, 0) is 43.5 Å². The number of aliphatic hydroxyl groups is 1. The van der Waals surface area contributed by atoms with Gasteiger partial charge in [0, 0.05) is 27.9 Å². The van der Waals surface area contributed by atoms with Gasteiger partial charge in [0.05, 0.1) is 51.4 Å². The molecule has 382 valence electrons. The molecule has 1 aliphatic rings. The first-order valence-corrected chi connectivity index (χ1v) is 24.2. The highest BCUT2D eigenvalue weighted by molar-refractivity contribution is 6.30. The number of ether oxygens (including phenoxy) is 3. The molecule has 0 radical (unpaired) electrons. The molecule has 1 fully saturated rings. The molecule has 8 rings (SSSR count). The average molecular weight is 1030 g/mol. The van der Waals surface area contributed by atoms with Crippen LogP contribution >= 0.6 is 23.2 Å². The predicted molar refractivity (Wildman–Crippen MR) is 284 cm³/mol. The Hall–Kier alpha value is -7.30. The summed E-state index contributed by atoms with van der Waals surface area (Å²) < 4.78 is 18.8. The first-order valence-electron chi connectivity index (χ1n) is 23.4. The third kappa shape index (κ3) is 14.0. The van der Waals surface area contributed by atoms with E-state index in [1.165, 1.54) is 27.7 Å². The molecule has 2 heterocycles. The number of nitrogens with zero attached hydrogens (tertiary/aromatic N) is 7. The van der Waals surface area contributed by atoms with Gasteiger partial charge < -0.3 is 19.3 Å². The zero-order chi connectivity index (χ0) is 52.7. The molecule has 1 saturated carbocycles. The van der Waals surface area contributed by atoms with Crippen molar-refractivity contribution in [2.75, 3.05) is 31.3 Å². The first kappa shape index (κ1) is 55.0. The lowest BCUT2D eigenvalue weighted by Crippen LogP contribution is -2.45. The van der Waals surface area contributed by atoms with Gasteiger partial charge in [-0.25, -0.2) is 23.9 Å². The molecule has 1 unspecified atom stereocenters. The lowest BCUT2D eigenvalue weighted by molar-refractivity contribution is -0.143. The van der Waals surface area contributed by atoms with Gasteiger partial charge in [-0.2, -0.15) is 10.2 Å². The highest BCUT2D eigenvalue weighted by atomic mass is 35.5. The lowest BCUT2D eigenvalue weighted by atomic mass is 9.76. The fourth-order valence-corrected chi connectivity index (χ4v) is 8.67. The molecule has 1 N–H and O–H groups in total. The van der Waals surface area contributed by atoms with Gasteiger partial charge in [-0.15, -0.1) is 5.10 Å². The molecule has 2 aromatic heterocycles. The van der Waals surface area contributed by atoms with Crippen LogP contribution in [0, 0.1) is 19.3 Å². The summed E-state index contributed by atoms with van der Waals surface area (Å²) in [4.78, 5) is 47.6. The number of methoxy groups -OCH3 is 2. The normalized spacial score (nSPS) is 15.5. The Balaban J connectivity index is 0.000000180. The maximum Gasteiger partial charge on any atom is 0.438 e. The van der Waals surface area contributed by atoms with Crippen molar-refractivity contribution in [1.82, 2.24) is 24.5 Å². The van der Waals surface area contributed by atoms with Crippen molar-refractivity contribution < 1.29 is 38.5 Å². The monoisotopic (exact) mass is 1030 g/mol. The largest absolute Gasteiger partial charge is 0.472 e. The Morgan fingerprint density at radius 3 is 2.08 bits per heavy atom. The van der Waals surface area contributed by atoms with E-state index in [1.807, 2.05) is 111 Å². The van der Waals surface area contributed by atoms with Crippen LogP contribution in [-0.4, -0.2) is 80.6 Å². The molecule has 7 aromatic rings. The van der Waals surface area contributed by atoms with Gasteiger partial charge in [0.2, 0.25) is 11.8 Å². The van der Waals surface area contributed by atoms with Gasteiger partial charge in [-0.1, -0.05) is 122 Å². The second-order valence-corrected chi connectivity index (χ2v) is 18.7. The highest BCUT2D eigenvalue weighted by Crippen LogP contribution is 2.50. The van der Waals surface area contributed by atoms with Crippen LogP contribution in [0.1, 0.15) is 61.4 Å². The van der Waals surface area contributed by atoms with Crippen LogP contribution in [0.4, 0.5) is 16.2 Å². The molecule has 1 aliphatic carbocycles. The van der Waals surface area contributed by atoms with Gasteiger partial charge in [0.25, 0.3) is 0 Å². The highest BCUT2D eigenvalue weighted by Gasteiger charge is 2.51. The number of carbonyl (C=O) groups is 3. The maximum absolute atomic E-state index is 13.0. The van der Waals surface area contributed by atoms with Crippen molar-refractivity contribution >= 4 is 58.6 Å². The van der Waals surface area contributed by atoms with Crippen molar-refractivity contribution in [3.8, 4) is 11.6 Å². The molecule has 0 aliphatic heterocycles. The summed E-state index contributed by atoms with van der Waals surface area (Å²) in [7, 11) is 4.02. The number of hydroxylamine groups is 1. The summed E-state index contributed by atoms with van der Waals surface area (Å²) in [6.07, 6.45) is 8.42.